The Labute approximate surface area is 83.7 Å². The number of rotatable bonds is 0. The molecule has 0 saturated heterocycles. The Bertz CT molecular complexity index is 374. The number of allylic oxidation sites excluding steroid dienone is 4. The maximum atomic E-state index is 11.4. The van der Waals surface area contributed by atoms with Gasteiger partial charge < -0.3 is 0 Å². The zero-order valence-electron chi connectivity index (χ0n) is 8.59. The van der Waals surface area contributed by atoms with Crippen LogP contribution < -0.4 is 0 Å². The average molecular weight is 190 g/mol. The first-order valence-electron chi connectivity index (χ1n) is 4.98. The average Bonchev–Trinajstić information content (AvgIpc) is 2.07. The fraction of sp³-hybridized carbons (Fsp3) is 0.500. The SMILES string of the molecule is CC1=CC(=O)C[C@]2(C)CCC(=O)C=C12. The molecular weight excluding hydrogens is 176 g/mol. The first kappa shape index (κ1) is 9.38. The largest absolute Gasteiger partial charge is 0.295 e. The fourth-order valence-electron chi connectivity index (χ4n) is 2.47. The van der Waals surface area contributed by atoms with Crippen LogP contribution in [0.2, 0.25) is 0 Å². The molecule has 0 aromatic rings. The van der Waals surface area contributed by atoms with Gasteiger partial charge in [-0.1, -0.05) is 6.92 Å². The van der Waals surface area contributed by atoms with E-state index in [4.69, 9.17) is 0 Å². The fourth-order valence-corrected chi connectivity index (χ4v) is 2.47. The molecular formula is C12H14O2. The van der Waals surface area contributed by atoms with E-state index in [0.717, 1.165) is 17.6 Å². The molecule has 0 bridgehead atoms. The first-order chi connectivity index (χ1) is 6.51. The molecule has 2 aliphatic rings. The van der Waals surface area contributed by atoms with Gasteiger partial charge in [-0.3, -0.25) is 9.59 Å². The van der Waals surface area contributed by atoms with Gasteiger partial charge in [-0.15, -0.1) is 0 Å². The quantitative estimate of drug-likeness (QED) is 0.586. The van der Waals surface area contributed by atoms with E-state index in [1.807, 2.05) is 6.92 Å². The number of hydrogen-bond donors (Lipinski definition) is 0. The minimum atomic E-state index is -0.0795. The van der Waals surface area contributed by atoms with Gasteiger partial charge >= 0.3 is 0 Å². The highest BCUT2D eigenvalue weighted by molar-refractivity contribution is 5.98. The minimum absolute atomic E-state index is 0.0795. The number of ketones is 2. The lowest BCUT2D eigenvalue weighted by Gasteiger charge is -2.37. The Morgan fingerprint density at radius 1 is 1.21 bits per heavy atom. The van der Waals surface area contributed by atoms with Crippen LogP contribution in [-0.2, 0) is 9.59 Å². The first-order valence-corrected chi connectivity index (χ1v) is 4.98. The van der Waals surface area contributed by atoms with E-state index in [9.17, 15) is 9.59 Å². The van der Waals surface area contributed by atoms with E-state index in [2.05, 4.69) is 6.92 Å². The van der Waals surface area contributed by atoms with Gasteiger partial charge in [0.1, 0.15) is 0 Å². The maximum Gasteiger partial charge on any atom is 0.156 e. The third kappa shape index (κ3) is 1.35. The Morgan fingerprint density at radius 2 is 1.93 bits per heavy atom. The summed E-state index contributed by atoms with van der Waals surface area (Å²) in [4.78, 5) is 22.7. The van der Waals surface area contributed by atoms with E-state index in [1.165, 1.54) is 0 Å². The summed E-state index contributed by atoms with van der Waals surface area (Å²) in [5.41, 5.74) is 1.97. The molecule has 2 nitrogen and oxygen atoms in total. The predicted octanol–water partition coefficient (Wildman–Crippen LogP) is 2.20. The molecule has 2 aliphatic carbocycles. The summed E-state index contributed by atoms with van der Waals surface area (Å²) >= 11 is 0. The van der Waals surface area contributed by atoms with Gasteiger partial charge in [0.25, 0.3) is 0 Å². The molecule has 0 fully saturated rings. The van der Waals surface area contributed by atoms with E-state index in [-0.39, 0.29) is 17.0 Å². The van der Waals surface area contributed by atoms with Crippen molar-refractivity contribution in [1.29, 1.82) is 0 Å². The van der Waals surface area contributed by atoms with Crippen molar-refractivity contribution in [3.63, 3.8) is 0 Å². The van der Waals surface area contributed by atoms with Gasteiger partial charge in [0.05, 0.1) is 0 Å². The standard InChI is InChI=1S/C12H14O2/c1-8-5-10(14)7-12(2)4-3-9(13)6-11(8)12/h5-6H,3-4,7H2,1-2H3/t12-/m0/s1. The molecule has 0 radical (unpaired) electrons. The topological polar surface area (TPSA) is 34.1 Å². The van der Waals surface area contributed by atoms with Gasteiger partial charge in [0.2, 0.25) is 0 Å². The Hall–Kier alpha value is -1.18. The summed E-state index contributed by atoms with van der Waals surface area (Å²) in [5, 5.41) is 0. The molecule has 2 rings (SSSR count). The predicted molar refractivity (Wildman–Crippen MR) is 53.8 cm³/mol. The summed E-state index contributed by atoms with van der Waals surface area (Å²) in [6, 6.07) is 0. The van der Waals surface area contributed by atoms with Crippen LogP contribution in [0.15, 0.2) is 23.3 Å². The highest BCUT2D eigenvalue weighted by atomic mass is 16.1. The van der Waals surface area contributed by atoms with Crippen LogP contribution in [0.5, 0.6) is 0 Å². The van der Waals surface area contributed by atoms with Crippen molar-refractivity contribution < 1.29 is 9.59 Å². The normalized spacial score (nSPS) is 32.1. The van der Waals surface area contributed by atoms with Crippen molar-refractivity contribution in [1.82, 2.24) is 0 Å². The van der Waals surface area contributed by atoms with Gasteiger partial charge in [0, 0.05) is 18.3 Å². The summed E-state index contributed by atoms with van der Waals surface area (Å²) < 4.78 is 0. The third-order valence-electron chi connectivity index (χ3n) is 3.25. The van der Waals surface area contributed by atoms with Crippen molar-refractivity contribution in [2.24, 2.45) is 5.41 Å². The lowest BCUT2D eigenvalue weighted by Crippen LogP contribution is -2.31. The minimum Gasteiger partial charge on any atom is -0.295 e. The summed E-state index contributed by atoms with van der Waals surface area (Å²) in [6.45, 7) is 4.00. The molecule has 0 aromatic heterocycles. The lowest BCUT2D eigenvalue weighted by atomic mass is 9.66. The van der Waals surface area contributed by atoms with Gasteiger partial charge in [-0.2, -0.15) is 0 Å². The molecule has 0 unspecified atom stereocenters. The zero-order valence-corrected chi connectivity index (χ0v) is 8.59. The molecule has 0 saturated carbocycles. The summed E-state index contributed by atoms with van der Waals surface area (Å²) in [6.07, 6.45) is 5.34. The van der Waals surface area contributed by atoms with Crippen molar-refractivity contribution in [2.45, 2.75) is 33.1 Å². The van der Waals surface area contributed by atoms with E-state index < -0.39 is 0 Å². The Balaban J connectivity index is 2.52. The molecule has 2 heteroatoms. The molecule has 0 N–H and O–H groups in total. The maximum absolute atomic E-state index is 11.4. The van der Waals surface area contributed by atoms with Crippen LogP contribution >= 0.6 is 0 Å². The van der Waals surface area contributed by atoms with Crippen molar-refractivity contribution in [3.05, 3.63) is 23.3 Å². The van der Waals surface area contributed by atoms with Gasteiger partial charge in [-0.25, -0.2) is 0 Å². The van der Waals surface area contributed by atoms with Crippen LogP contribution in [0.25, 0.3) is 0 Å². The van der Waals surface area contributed by atoms with Crippen LogP contribution in [0.1, 0.15) is 33.1 Å². The number of carbonyl (C=O) groups excluding carboxylic acids is 2. The molecule has 0 heterocycles. The van der Waals surface area contributed by atoms with E-state index in [1.54, 1.807) is 12.2 Å². The van der Waals surface area contributed by atoms with Gasteiger partial charge in [0.15, 0.2) is 11.6 Å². The van der Waals surface area contributed by atoms with Crippen molar-refractivity contribution in [2.75, 3.05) is 0 Å². The smallest absolute Gasteiger partial charge is 0.156 e. The number of hydrogen-bond acceptors (Lipinski definition) is 2. The lowest BCUT2D eigenvalue weighted by molar-refractivity contribution is -0.119. The monoisotopic (exact) mass is 190 g/mol. The molecule has 74 valence electrons. The molecule has 0 spiro atoms. The third-order valence-corrected chi connectivity index (χ3v) is 3.25. The van der Waals surface area contributed by atoms with E-state index >= 15 is 0 Å². The molecule has 0 amide bonds. The molecule has 1 atom stereocenters. The van der Waals surface area contributed by atoms with Crippen LogP contribution in [0.4, 0.5) is 0 Å². The second-order valence-electron chi connectivity index (χ2n) is 4.56. The number of carbonyl (C=O) groups is 2. The Morgan fingerprint density at radius 3 is 2.64 bits per heavy atom. The molecule has 0 aliphatic heterocycles. The van der Waals surface area contributed by atoms with Crippen LogP contribution in [0.3, 0.4) is 0 Å². The molecule has 0 aromatic carbocycles. The summed E-state index contributed by atoms with van der Waals surface area (Å²) in [7, 11) is 0. The van der Waals surface area contributed by atoms with Crippen molar-refractivity contribution in [3.8, 4) is 0 Å². The zero-order chi connectivity index (χ0) is 10.3. The summed E-state index contributed by atoms with van der Waals surface area (Å²) in [5.74, 6) is 0.385. The highest BCUT2D eigenvalue weighted by Crippen LogP contribution is 2.45. The number of fused-ring (bicyclic) bond motifs is 1. The van der Waals surface area contributed by atoms with Gasteiger partial charge in [-0.05, 0) is 36.6 Å². The van der Waals surface area contributed by atoms with Crippen molar-refractivity contribution >= 4 is 11.6 Å². The Kier molecular flexibility index (Phi) is 1.95. The van der Waals surface area contributed by atoms with Crippen LogP contribution in [-0.4, -0.2) is 11.6 Å². The second-order valence-corrected chi connectivity index (χ2v) is 4.56. The second kappa shape index (κ2) is 2.91. The van der Waals surface area contributed by atoms with E-state index in [0.29, 0.717) is 12.8 Å². The molecule has 14 heavy (non-hydrogen) atoms. The highest BCUT2D eigenvalue weighted by Gasteiger charge is 2.38. The van der Waals surface area contributed by atoms with Crippen LogP contribution in [0, 0.1) is 5.41 Å².